The standard InChI is InChI=1S/C14H20N6/c1-10(14-18-17-13-3-2-6-19(13)14)16-8-12-7-15-9-20(12)11-4-5-11/h7,9-11,16H,2-6,8H2,1H3. The molecule has 0 amide bonds. The van der Waals surface area contributed by atoms with Gasteiger partial charge in [-0.15, -0.1) is 10.2 Å². The number of imidazole rings is 1. The molecule has 1 fully saturated rings. The van der Waals surface area contributed by atoms with Gasteiger partial charge in [0, 0.05) is 31.7 Å². The van der Waals surface area contributed by atoms with Gasteiger partial charge < -0.3 is 14.5 Å². The number of fused-ring (bicyclic) bond motifs is 1. The highest BCUT2D eigenvalue weighted by atomic mass is 15.3. The topological polar surface area (TPSA) is 60.6 Å². The maximum absolute atomic E-state index is 4.34. The third-order valence-electron chi connectivity index (χ3n) is 4.30. The SMILES string of the molecule is CC(NCc1cncn1C1CC1)c1nnc2n1CCC2. The molecule has 106 valence electrons. The summed E-state index contributed by atoms with van der Waals surface area (Å²) in [7, 11) is 0. The number of hydrogen-bond donors (Lipinski definition) is 1. The summed E-state index contributed by atoms with van der Waals surface area (Å²) >= 11 is 0. The van der Waals surface area contributed by atoms with Gasteiger partial charge in [-0.05, 0) is 26.2 Å². The predicted octanol–water partition coefficient (Wildman–Crippen LogP) is 1.61. The molecule has 4 rings (SSSR count). The second kappa shape index (κ2) is 4.70. The summed E-state index contributed by atoms with van der Waals surface area (Å²) in [6.45, 7) is 4.05. The van der Waals surface area contributed by atoms with Crippen LogP contribution in [0.15, 0.2) is 12.5 Å². The molecule has 0 bridgehead atoms. The first-order chi connectivity index (χ1) is 9.83. The zero-order chi connectivity index (χ0) is 13.5. The monoisotopic (exact) mass is 272 g/mol. The molecule has 1 aliphatic heterocycles. The molecule has 1 saturated carbocycles. The van der Waals surface area contributed by atoms with Crippen molar-refractivity contribution in [3.8, 4) is 0 Å². The molecule has 0 spiro atoms. The van der Waals surface area contributed by atoms with Crippen LogP contribution in [0.5, 0.6) is 0 Å². The summed E-state index contributed by atoms with van der Waals surface area (Å²) in [5.41, 5.74) is 1.26. The lowest BCUT2D eigenvalue weighted by Crippen LogP contribution is -2.22. The van der Waals surface area contributed by atoms with Crippen LogP contribution in [0.1, 0.15) is 55.6 Å². The van der Waals surface area contributed by atoms with Crippen molar-refractivity contribution in [2.45, 2.75) is 57.8 Å². The minimum atomic E-state index is 0.219. The molecule has 1 N–H and O–H groups in total. The second-order valence-corrected chi connectivity index (χ2v) is 5.86. The molecule has 2 aromatic heterocycles. The lowest BCUT2D eigenvalue weighted by atomic mass is 10.3. The summed E-state index contributed by atoms with van der Waals surface area (Å²) in [5.74, 6) is 2.20. The smallest absolute Gasteiger partial charge is 0.149 e. The molecule has 6 heteroatoms. The Bertz CT molecular complexity index is 609. The lowest BCUT2D eigenvalue weighted by Gasteiger charge is -2.14. The van der Waals surface area contributed by atoms with Gasteiger partial charge in [-0.3, -0.25) is 0 Å². The Kier molecular flexibility index (Phi) is 2.84. The van der Waals surface area contributed by atoms with Crippen LogP contribution < -0.4 is 5.32 Å². The van der Waals surface area contributed by atoms with Crippen molar-refractivity contribution in [3.05, 3.63) is 29.9 Å². The van der Waals surface area contributed by atoms with Crippen LogP contribution in [0.25, 0.3) is 0 Å². The summed E-state index contributed by atoms with van der Waals surface area (Å²) in [6, 6.07) is 0.902. The fraction of sp³-hybridized carbons (Fsp3) is 0.643. The maximum Gasteiger partial charge on any atom is 0.149 e. The molecule has 20 heavy (non-hydrogen) atoms. The van der Waals surface area contributed by atoms with E-state index in [1.807, 2.05) is 12.5 Å². The van der Waals surface area contributed by atoms with Gasteiger partial charge in [-0.25, -0.2) is 4.98 Å². The summed E-state index contributed by atoms with van der Waals surface area (Å²) in [5, 5.41) is 12.2. The van der Waals surface area contributed by atoms with E-state index in [2.05, 4.69) is 36.6 Å². The van der Waals surface area contributed by atoms with E-state index in [1.165, 1.54) is 25.0 Å². The van der Waals surface area contributed by atoms with Crippen molar-refractivity contribution in [1.82, 2.24) is 29.6 Å². The van der Waals surface area contributed by atoms with E-state index in [0.717, 1.165) is 31.2 Å². The van der Waals surface area contributed by atoms with Crippen LogP contribution in [0, 0.1) is 0 Å². The van der Waals surface area contributed by atoms with E-state index in [-0.39, 0.29) is 6.04 Å². The van der Waals surface area contributed by atoms with E-state index in [9.17, 15) is 0 Å². The van der Waals surface area contributed by atoms with Crippen molar-refractivity contribution in [1.29, 1.82) is 0 Å². The third kappa shape index (κ3) is 2.04. The van der Waals surface area contributed by atoms with E-state index in [4.69, 9.17) is 0 Å². The maximum atomic E-state index is 4.34. The van der Waals surface area contributed by atoms with Gasteiger partial charge in [0.15, 0.2) is 0 Å². The molecular weight excluding hydrogens is 252 g/mol. The Balaban J connectivity index is 1.44. The highest BCUT2D eigenvalue weighted by Gasteiger charge is 2.26. The number of nitrogens with zero attached hydrogens (tertiary/aromatic N) is 5. The average Bonchev–Trinajstić information content (AvgIpc) is 2.90. The van der Waals surface area contributed by atoms with E-state index >= 15 is 0 Å². The molecule has 1 unspecified atom stereocenters. The fourth-order valence-corrected chi connectivity index (χ4v) is 2.99. The first kappa shape index (κ1) is 12.1. The van der Waals surface area contributed by atoms with Crippen LogP contribution in [-0.4, -0.2) is 24.3 Å². The molecule has 2 aliphatic rings. The van der Waals surface area contributed by atoms with Crippen LogP contribution >= 0.6 is 0 Å². The fourth-order valence-electron chi connectivity index (χ4n) is 2.99. The van der Waals surface area contributed by atoms with Crippen LogP contribution in [0.3, 0.4) is 0 Å². The first-order valence-electron chi connectivity index (χ1n) is 7.49. The second-order valence-electron chi connectivity index (χ2n) is 5.86. The largest absolute Gasteiger partial charge is 0.330 e. The zero-order valence-electron chi connectivity index (χ0n) is 11.8. The van der Waals surface area contributed by atoms with Crippen molar-refractivity contribution < 1.29 is 0 Å². The molecule has 6 nitrogen and oxygen atoms in total. The van der Waals surface area contributed by atoms with Gasteiger partial charge in [0.25, 0.3) is 0 Å². The molecule has 3 heterocycles. The summed E-state index contributed by atoms with van der Waals surface area (Å²) in [4.78, 5) is 4.27. The number of rotatable bonds is 5. The van der Waals surface area contributed by atoms with Crippen LogP contribution in [-0.2, 0) is 19.5 Å². The summed E-state index contributed by atoms with van der Waals surface area (Å²) in [6.07, 6.45) is 8.75. The Morgan fingerprint density at radius 3 is 3.15 bits per heavy atom. The number of hydrogen-bond acceptors (Lipinski definition) is 4. The number of aromatic nitrogens is 5. The van der Waals surface area contributed by atoms with E-state index in [0.29, 0.717) is 6.04 Å². The van der Waals surface area contributed by atoms with Crippen molar-refractivity contribution in [3.63, 3.8) is 0 Å². The molecule has 1 atom stereocenters. The normalized spacial score (nSPS) is 19.2. The predicted molar refractivity (Wildman–Crippen MR) is 74.1 cm³/mol. The third-order valence-corrected chi connectivity index (χ3v) is 4.30. The average molecular weight is 272 g/mol. The Morgan fingerprint density at radius 1 is 1.40 bits per heavy atom. The van der Waals surface area contributed by atoms with Crippen molar-refractivity contribution in [2.75, 3.05) is 0 Å². The minimum Gasteiger partial charge on any atom is -0.330 e. The lowest BCUT2D eigenvalue weighted by molar-refractivity contribution is 0.501. The zero-order valence-corrected chi connectivity index (χ0v) is 11.8. The molecule has 0 radical (unpaired) electrons. The van der Waals surface area contributed by atoms with Crippen LogP contribution in [0.2, 0.25) is 0 Å². The van der Waals surface area contributed by atoms with E-state index < -0.39 is 0 Å². The number of nitrogens with one attached hydrogen (secondary N) is 1. The van der Waals surface area contributed by atoms with E-state index in [1.54, 1.807) is 0 Å². The first-order valence-corrected chi connectivity index (χ1v) is 7.49. The van der Waals surface area contributed by atoms with Gasteiger partial charge >= 0.3 is 0 Å². The molecule has 1 aliphatic carbocycles. The molecular formula is C14H20N6. The van der Waals surface area contributed by atoms with Gasteiger partial charge in [-0.2, -0.15) is 0 Å². The Hall–Kier alpha value is -1.69. The van der Waals surface area contributed by atoms with Crippen LogP contribution in [0.4, 0.5) is 0 Å². The van der Waals surface area contributed by atoms with Gasteiger partial charge in [-0.1, -0.05) is 0 Å². The number of aryl methyl sites for hydroxylation is 1. The van der Waals surface area contributed by atoms with Gasteiger partial charge in [0.05, 0.1) is 18.1 Å². The van der Waals surface area contributed by atoms with Crippen molar-refractivity contribution >= 4 is 0 Å². The highest BCUT2D eigenvalue weighted by Crippen LogP contribution is 2.35. The molecule has 0 saturated heterocycles. The Labute approximate surface area is 118 Å². The minimum absolute atomic E-state index is 0.219. The van der Waals surface area contributed by atoms with Gasteiger partial charge in [0.1, 0.15) is 11.6 Å². The molecule has 2 aromatic rings. The molecule has 0 aromatic carbocycles. The summed E-state index contributed by atoms with van der Waals surface area (Å²) < 4.78 is 4.56. The quantitative estimate of drug-likeness (QED) is 0.898. The highest BCUT2D eigenvalue weighted by molar-refractivity contribution is 5.06. The Morgan fingerprint density at radius 2 is 2.30 bits per heavy atom. The van der Waals surface area contributed by atoms with Gasteiger partial charge in [0.2, 0.25) is 0 Å². The van der Waals surface area contributed by atoms with Crippen molar-refractivity contribution in [2.24, 2.45) is 0 Å².